The summed E-state index contributed by atoms with van der Waals surface area (Å²) in [5.41, 5.74) is 10.4. The normalized spacial score (nSPS) is 23.5. The van der Waals surface area contributed by atoms with Gasteiger partial charge in [-0.1, -0.05) is 43.3 Å². The Bertz CT molecular complexity index is 753. The molecule has 0 saturated carbocycles. The molecule has 0 spiro atoms. The number of rotatable bonds is 7. The molecular weight excluding hydrogens is 363 g/mol. The van der Waals surface area contributed by atoms with Crippen LogP contribution in [0, 0.1) is 17.7 Å². The number of nitrogens with one attached hydrogen (secondary N) is 3. The molecule has 2 fully saturated rings. The zero-order chi connectivity index (χ0) is 20.1. The monoisotopic (exact) mass is 396 g/mol. The van der Waals surface area contributed by atoms with Crippen LogP contribution >= 0.6 is 0 Å². The van der Waals surface area contributed by atoms with Gasteiger partial charge in [-0.15, -0.1) is 0 Å². The highest BCUT2D eigenvalue weighted by Crippen LogP contribution is 2.24. The van der Waals surface area contributed by atoms with Gasteiger partial charge in [0.15, 0.2) is 0 Å². The summed E-state index contributed by atoms with van der Waals surface area (Å²) in [6.07, 6.45) is 2.65. The number of hydrogen-bond acceptors (Lipinski definition) is 4. The molecule has 2 aliphatic heterocycles. The minimum absolute atomic E-state index is 0.187. The summed E-state index contributed by atoms with van der Waals surface area (Å²) in [5.74, 6) is 1.13. The Balaban J connectivity index is 1.23. The summed E-state index contributed by atoms with van der Waals surface area (Å²) < 4.78 is 13.2. The van der Waals surface area contributed by atoms with E-state index in [9.17, 15) is 4.39 Å². The van der Waals surface area contributed by atoms with E-state index in [4.69, 9.17) is 0 Å². The highest BCUT2D eigenvalue weighted by Gasteiger charge is 2.27. The first kappa shape index (κ1) is 20.5. The van der Waals surface area contributed by atoms with Crippen molar-refractivity contribution in [2.24, 2.45) is 11.8 Å². The topological polar surface area (TPSA) is 39.3 Å². The number of piperidine rings is 1. The van der Waals surface area contributed by atoms with Gasteiger partial charge in [-0.2, -0.15) is 0 Å². The van der Waals surface area contributed by atoms with Gasteiger partial charge in [0.25, 0.3) is 0 Å². The lowest BCUT2D eigenvalue weighted by atomic mass is 9.95. The van der Waals surface area contributed by atoms with Crippen molar-refractivity contribution in [1.82, 2.24) is 21.1 Å². The summed E-state index contributed by atoms with van der Waals surface area (Å²) in [4.78, 5) is 2.57. The lowest BCUT2D eigenvalue weighted by molar-refractivity contribution is 0.185. The first-order valence-electron chi connectivity index (χ1n) is 10.9. The molecule has 2 aromatic carbocycles. The van der Waals surface area contributed by atoms with Crippen molar-refractivity contribution in [3.05, 3.63) is 71.0 Å². The van der Waals surface area contributed by atoms with Gasteiger partial charge in [-0.25, -0.2) is 9.82 Å². The quantitative estimate of drug-likeness (QED) is 0.669. The van der Waals surface area contributed by atoms with Gasteiger partial charge in [-0.05, 0) is 60.7 Å². The van der Waals surface area contributed by atoms with Crippen molar-refractivity contribution < 1.29 is 4.39 Å². The van der Waals surface area contributed by atoms with Crippen LogP contribution in [0.5, 0.6) is 0 Å². The Kier molecular flexibility index (Phi) is 6.93. The van der Waals surface area contributed by atoms with Crippen molar-refractivity contribution in [1.29, 1.82) is 0 Å². The van der Waals surface area contributed by atoms with Crippen molar-refractivity contribution in [2.45, 2.75) is 38.9 Å². The summed E-state index contributed by atoms with van der Waals surface area (Å²) in [6, 6.07) is 16.1. The molecule has 0 aromatic heterocycles. The smallest absolute Gasteiger partial charge is 0.123 e. The Morgan fingerprint density at radius 2 is 1.69 bits per heavy atom. The van der Waals surface area contributed by atoms with Crippen molar-refractivity contribution in [2.75, 3.05) is 26.2 Å². The fraction of sp³-hybridized carbons (Fsp3) is 0.500. The molecule has 2 heterocycles. The number of hydrogen-bond donors (Lipinski definition) is 3. The van der Waals surface area contributed by atoms with Crippen molar-refractivity contribution >= 4 is 0 Å². The van der Waals surface area contributed by atoms with Crippen LogP contribution in [-0.4, -0.2) is 31.1 Å². The van der Waals surface area contributed by atoms with E-state index in [0.717, 1.165) is 37.7 Å². The van der Waals surface area contributed by atoms with E-state index < -0.39 is 0 Å². The van der Waals surface area contributed by atoms with Gasteiger partial charge >= 0.3 is 0 Å². The number of nitrogens with zero attached hydrogens (tertiary/aromatic N) is 1. The lowest BCUT2D eigenvalue weighted by Crippen LogP contribution is -2.32. The summed E-state index contributed by atoms with van der Waals surface area (Å²) in [6.45, 7) is 8.57. The molecule has 4 nitrogen and oxygen atoms in total. The molecule has 2 saturated heterocycles. The van der Waals surface area contributed by atoms with Gasteiger partial charge in [0, 0.05) is 32.1 Å². The van der Waals surface area contributed by atoms with Gasteiger partial charge in [0.05, 0.1) is 6.04 Å². The molecule has 29 heavy (non-hydrogen) atoms. The summed E-state index contributed by atoms with van der Waals surface area (Å²) >= 11 is 0. The molecule has 2 atom stereocenters. The third-order valence-corrected chi connectivity index (χ3v) is 6.36. The maximum Gasteiger partial charge on any atom is 0.123 e. The lowest BCUT2D eigenvalue weighted by Gasteiger charge is -2.30. The van der Waals surface area contributed by atoms with Gasteiger partial charge in [0.1, 0.15) is 5.82 Å². The largest absolute Gasteiger partial charge is 0.312 e. The van der Waals surface area contributed by atoms with Crippen LogP contribution in [0.3, 0.4) is 0 Å². The number of hydrazine groups is 1. The fourth-order valence-corrected chi connectivity index (χ4v) is 4.39. The van der Waals surface area contributed by atoms with Crippen LogP contribution in [0.2, 0.25) is 0 Å². The van der Waals surface area contributed by atoms with E-state index in [-0.39, 0.29) is 11.9 Å². The van der Waals surface area contributed by atoms with Crippen LogP contribution in [0.25, 0.3) is 0 Å². The van der Waals surface area contributed by atoms with E-state index in [1.165, 1.54) is 49.2 Å². The average molecular weight is 397 g/mol. The second-order valence-corrected chi connectivity index (χ2v) is 8.72. The van der Waals surface area contributed by atoms with Crippen LogP contribution in [0.1, 0.15) is 42.5 Å². The van der Waals surface area contributed by atoms with E-state index in [1.54, 1.807) is 0 Å². The predicted molar refractivity (Wildman–Crippen MR) is 116 cm³/mol. The second kappa shape index (κ2) is 9.81. The predicted octanol–water partition coefficient (Wildman–Crippen LogP) is 3.61. The first-order chi connectivity index (χ1) is 14.2. The molecule has 0 radical (unpaired) electrons. The van der Waals surface area contributed by atoms with Crippen LogP contribution < -0.4 is 16.2 Å². The standard InChI is InChI=1S/C24H33FN4/c1-18-10-12-29(13-11-18)17-20-4-2-19(3-5-20)14-26-15-22-16-27-28-24(22)21-6-8-23(25)9-7-21/h2-9,18,22,24,26-28H,10-17H2,1H3. The van der Waals surface area contributed by atoms with Gasteiger partial charge in [-0.3, -0.25) is 10.3 Å². The van der Waals surface area contributed by atoms with Gasteiger partial charge < -0.3 is 5.32 Å². The third-order valence-electron chi connectivity index (χ3n) is 6.36. The zero-order valence-corrected chi connectivity index (χ0v) is 17.3. The number of halogens is 1. The maximum absolute atomic E-state index is 13.2. The van der Waals surface area contributed by atoms with E-state index in [1.807, 2.05) is 12.1 Å². The highest BCUT2D eigenvalue weighted by molar-refractivity contribution is 5.23. The summed E-state index contributed by atoms with van der Waals surface area (Å²) in [7, 11) is 0. The average Bonchev–Trinajstić information content (AvgIpc) is 3.20. The fourth-order valence-electron chi connectivity index (χ4n) is 4.39. The molecular formula is C24H33FN4. The first-order valence-corrected chi connectivity index (χ1v) is 10.9. The molecule has 2 aromatic rings. The Labute approximate surface area is 173 Å². The van der Waals surface area contributed by atoms with Crippen molar-refractivity contribution in [3.8, 4) is 0 Å². The Morgan fingerprint density at radius 3 is 2.41 bits per heavy atom. The third kappa shape index (κ3) is 5.64. The van der Waals surface area contributed by atoms with E-state index >= 15 is 0 Å². The molecule has 0 amide bonds. The molecule has 2 aliphatic rings. The Hall–Kier alpha value is -1.79. The minimum atomic E-state index is -0.187. The molecule has 3 N–H and O–H groups in total. The molecule has 4 rings (SSSR count). The summed E-state index contributed by atoms with van der Waals surface area (Å²) in [5, 5.41) is 3.60. The van der Waals surface area contributed by atoms with E-state index in [0.29, 0.717) is 5.92 Å². The SMILES string of the molecule is CC1CCN(Cc2ccc(CNCC3CNNC3c3ccc(F)cc3)cc2)CC1. The number of benzene rings is 2. The van der Waals surface area contributed by atoms with Crippen LogP contribution in [-0.2, 0) is 13.1 Å². The van der Waals surface area contributed by atoms with Crippen LogP contribution in [0.15, 0.2) is 48.5 Å². The molecule has 5 heteroatoms. The van der Waals surface area contributed by atoms with Crippen LogP contribution in [0.4, 0.5) is 4.39 Å². The molecule has 0 bridgehead atoms. The van der Waals surface area contributed by atoms with E-state index in [2.05, 4.69) is 52.3 Å². The molecule has 0 aliphatic carbocycles. The van der Waals surface area contributed by atoms with Crippen molar-refractivity contribution in [3.63, 3.8) is 0 Å². The zero-order valence-electron chi connectivity index (χ0n) is 17.3. The van der Waals surface area contributed by atoms with Gasteiger partial charge in [0.2, 0.25) is 0 Å². The molecule has 156 valence electrons. The molecule has 2 unspecified atom stereocenters. The highest BCUT2D eigenvalue weighted by atomic mass is 19.1. The number of likely N-dealkylation sites (tertiary alicyclic amines) is 1. The maximum atomic E-state index is 13.2. The minimum Gasteiger partial charge on any atom is -0.312 e. The Morgan fingerprint density at radius 1 is 1.00 bits per heavy atom. The second-order valence-electron chi connectivity index (χ2n) is 8.72.